The van der Waals surface area contributed by atoms with Crippen molar-refractivity contribution >= 4 is 11.6 Å². The summed E-state index contributed by atoms with van der Waals surface area (Å²) in [5, 5.41) is 0. The van der Waals surface area contributed by atoms with E-state index in [0.717, 1.165) is 42.8 Å². The van der Waals surface area contributed by atoms with Gasteiger partial charge in [-0.1, -0.05) is 6.07 Å². The van der Waals surface area contributed by atoms with Gasteiger partial charge in [-0.25, -0.2) is 0 Å². The first-order chi connectivity index (χ1) is 14.0. The summed E-state index contributed by atoms with van der Waals surface area (Å²) in [6, 6.07) is 5.77. The van der Waals surface area contributed by atoms with E-state index in [2.05, 4.69) is 0 Å². The lowest BCUT2D eigenvalue weighted by Crippen LogP contribution is -2.30. The lowest BCUT2D eigenvalue weighted by atomic mass is 9.73. The van der Waals surface area contributed by atoms with E-state index in [1.807, 2.05) is 39.0 Å². The maximum atomic E-state index is 12.9. The summed E-state index contributed by atoms with van der Waals surface area (Å²) < 4.78 is 17.8. The summed E-state index contributed by atoms with van der Waals surface area (Å²) in [5.74, 6) is 2.61. The topological polar surface area (TPSA) is 61.8 Å². The fourth-order valence-electron chi connectivity index (χ4n) is 4.47. The monoisotopic (exact) mass is 396 g/mol. The molecular weight excluding hydrogens is 368 g/mol. The fraction of sp³-hybridized carbons (Fsp3) is 0.500. The largest absolute Gasteiger partial charge is 0.490 e. The van der Waals surface area contributed by atoms with E-state index in [0.29, 0.717) is 42.1 Å². The Hall–Kier alpha value is -2.56. The minimum atomic E-state index is -0.373. The van der Waals surface area contributed by atoms with Crippen LogP contribution in [0.15, 0.2) is 40.9 Å². The van der Waals surface area contributed by atoms with Crippen molar-refractivity contribution in [3.05, 3.63) is 46.4 Å². The molecule has 0 bridgehead atoms. The van der Waals surface area contributed by atoms with E-state index in [1.165, 1.54) is 0 Å². The molecule has 0 spiro atoms. The van der Waals surface area contributed by atoms with E-state index >= 15 is 0 Å². The van der Waals surface area contributed by atoms with Gasteiger partial charge in [-0.15, -0.1) is 0 Å². The third-order valence-corrected chi connectivity index (χ3v) is 5.60. The zero-order valence-corrected chi connectivity index (χ0v) is 17.4. The third-order valence-electron chi connectivity index (χ3n) is 5.60. The van der Waals surface area contributed by atoms with Crippen LogP contribution < -0.4 is 9.47 Å². The first kappa shape index (κ1) is 19.7. The van der Waals surface area contributed by atoms with Crippen molar-refractivity contribution in [1.82, 2.24) is 0 Å². The lowest BCUT2D eigenvalue weighted by molar-refractivity contribution is -0.117. The van der Waals surface area contributed by atoms with Gasteiger partial charge in [0, 0.05) is 42.7 Å². The van der Waals surface area contributed by atoms with Crippen molar-refractivity contribution in [1.29, 1.82) is 0 Å². The van der Waals surface area contributed by atoms with Crippen molar-refractivity contribution in [2.24, 2.45) is 0 Å². The van der Waals surface area contributed by atoms with Crippen LogP contribution in [0.2, 0.25) is 0 Å². The molecule has 1 heterocycles. The Morgan fingerprint density at radius 1 is 0.966 bits per heavy atom. The number of hydrogen-bond donors (Lipinski definition) is 0. The maximum Gasteiger partial charge on any atom is 0.163 e. The molecule has 1 aromatic carbocycles. The van der Waals surface area contributed by atoms with Crippen LogP contribution in [-0.2, 0) is 14.3 Å². The van der Waals surface area contributed by atoms with Crippen LogP contribution in [0.25, 0.3) is 0 Å². The quantitative estimate of drug-likeness (QED) is 0.701. The highest BCUT2D eigenvalue weighted by Gasteiger charge is 2.41. The number of ether oxygens (including phenoxy) is 3. The molecule has 3 aliphatic rings. The molecule has 5 nitrogen and oxygen atoms in total. The molecule has 29 heavy (non-hydrogen) atoms. The number of carbonyl (C=O) groups excluding carboxylic acids is 2. The van der Waals surface area contributed by atoms with Crippen LogP contribution in [-0.4, -0.2) is 24.3 Å². The van der Waals surface area contributed by atoms with Crippen LogP contribution in [0.4, 0.5) is 0 Å². The van der Waals surface area contributed by atoms with Gasteiger partial charge >= 0.3 is 0 Å². The summed E-state index contributed by atoms with van der Waals surface area (Å²) in [6.45, 7) is 6.37. The SMILES string of the molecule is CCOc1cc(C2C3=C(CCCC3=O)OC3=C2C(=O)CCC3)ccc1OC(C)C. The Balaban J connectivity index is 1.84. The number of benzene rings is 1. The van der Waals surface area contributed by atoms with Gasteiger partial charge < -0.3 is 14.2 Å². The van der Waals surface area contributed by atoms with Gasteiger partial charge in [0.15, 0.2) is 23.1 Å². The van der Waals surface area contributed by atoms with Crippen LogP contribution >= 0.6 is 0 Å². The molecule has 0 fully saturated rings. The van der Waals surface area contributed by atoms with Crippen molar-refractivity contribution in [2.45, 2.75) is 71.3 Å². The molecule has 0 aromatic heterocycles. The first-order valence-electron chi connectivity index (χ1n) is 10.6. The first-order valence-corrected chi connectivity index (χ1v) is 10.6. The molecule has 5 heteroatoms. The lowest BCUT2D eigenvalue weighted by Gasteiger charge is -2.36. The molecule has 0 N–H and O–H groups in total. The van der Waals surface area contributed by atoms with Crippen molar-refractivity contribution in [2.75, 3.05) is 6.61 Å². The second-order valence-electron chi connectivity index (χ2n) is 8.07. The summed E-state index contributed by atoms with van der Waals surface area (Å²) in [7, 11) is 0. The predicted molar refractivity (Wildman–Crippen MR) is 109 cm³/mol. The molecule has 4 rings (SSSR count). The van der Waals surface area contributed by atoms with E-state index in [-0.39, 0.29) is 23.6 Å². The Morgan fingerprint density at radius 2 is 1.59 bits per heavy atom. The molecule has 1 aromatic rings. The van der Waals surface area contributed by atoms with Gasteiger partial charge in [0.2, 0.25) is 0 Å². The zero-order valence-electron chi connectivity index (χ0n) is 17.4. The second-order valence-corrected chi connectivity index (χ2v) is 8.07. The predicted octanol–water partition coefficient (Wildman–Crippen LogP) is 5.00. The maximum absolute atomic E-state index is 12.9. The molecule has 0 saturated heterocycles. The number of hydrogen-bond acceptors (Lipinski definition) is 5. The van der Waals surface area contributed by atoms with Gasteiger partial charge in [0.1, 0.15) is 11.5 Å². The molecule has 2 aliphatic carbocycles. The number of ketones is 2. The molecular formula is C24H28O5. The molecule has 0 atom stereocenters. The third kappa shape index (κ3) is 3.70. The Bertz CT molecular complexity index is 864. The van der Waals surface area contributed by atoms with E-state index in [1.54, 1.807) is 0 Å². The van der Waals surface area contributed by atoms with Crippen LogP contribution in [0.5, 0.6) is 11.5 Å². The van der Waals surface area contributed by atoms with Gasteiger partial charge in [-0.2, -0.15) is 0 Å². The number of rotatable bonds is 5. The highest BCUT2D eigenvalue weighted by atomic mass is 16.5. The molecule has 0 amide bonds. The summed E-state index contributed by atoms with van der Waals surface area (Å²) in [4.78, 5) is 25.8. The van der Waals surface area contributed by atoms with Gasteiger partial charge in [-0.3, -0.25) is 9.59 Å². The highest BCUT2D eigenvalue weighted by molar-refractivity contribution is 6.05. The van der Waals surface area contributed by atoms with Crippen molar-refractivity contribution in [3.8, 4) is 11.5 Å². The minimum Gasteiger partial charge on any atom is -0.490 e. The molecule has 0 saturated carbocycles. The van der Waals surface area contributed by atoms with Crippen molar-refractivity contribution in [3.63, 3.8) is 0 Å². The van der Waals surface area contributed by atoms with E-state index in [4.69, 9.17) is 14.2 Å². The van der Waals surface area contributed by atoms with E-state index < -0.39 is 0 Å². The van der Waals surface area contributed by atoms with Crippen LogP contribution in [0.3, 0.4) is 0 Å². The average Bonchev–Trinajstić information content (AvgIpc) is 2.68. The summed E-state index contributed by atoms with van der Waals surface area (Å²) >= 11 is 0. The standard InChI is InChI=1S/C24H28O5/c1-4-27-21-13-15(11-12-18(21)28-14(2)3)22-23-16(25)7-5-9-19(23)29-20-10-6-8-17(26)24(20)22/h11-14,22H,4-10H2,1-3H3. The van der Waals surface area contributed by atoms with Crippen molar-refractivity contribution < 1.29 is 23.8 Å². The smallest absolute Gasteiger partial charge is 0.163 e. The zero-order chi connectivity index (χ0) is 20.5. The average molecular weight is 396 g/mol. The summed E-state index contributed by atoms with van der Waals surface area (Å²) in [5.41, 5.74) is 2.20. The Labute approximate surface area is 171 Å². The molecule has 0 radical (unpaired) electrons. The minimum absolute atomic E-state index is 0.0200. The van der Waals surface area contributed by atoms with Crippen LogP contribution in [0, 0.1) is 0 Å². The highest BCUT2D eigenvalue weighted by Crippen LogP contribution is 2.48. The second kappa shape index (κ2) is 8.05. The molecule has 1 aliphatic heterocycles. The fourth-order valence-corrected chi connectivity index (χ4v) is 4.47. The number of Topliss-reactive ketones (excluding diaryl/α,β-unsaturated/α-hetero) is 2. The number of carbonyl (C=O) groups is 2. The van der Waals surface area contributed by atoms with Gasteiger partial charge in [0.25, 0.3) is 0 Å². The van der Waals surface area contributed by atoms with E-state index in [9.17, 15) is 9.59 Å². The number of allylic oxidation sites excluding steroid dienone is 4. The Morgan fingerprint density at radius 3 is 2.14 bits per heavy atom. The summed E-state index contributed by atoms with van der Waals surface area (Å²) in [6.07, 6.45) is 4.11. The molecule has 0 unspecified atom stereocenters. The normalized spacial score (nSPS) is 19.9. The Kier molecular flexibility index (Phi) is 5.48. The van der Waals surface area contributed by atoms with Crippen LogP contribution in [0.1, 0.15) is 70.8 Å². The molecule has 154 valence electrons. The van der Waals surface area contributed by atoms with Gasteiger partial charge in [0.05, 0.1) is 12.7 Å². The van der Waals surface area contributed by atoms with Gasteiger partial charge in [-0.05, 0) is 51.3 Å².